The number of nitrogens with one attached hydrogen (secondary N) is 6. The fourth-order valence-electron chi connectivity index (χ4n) is 4.42. The van der Waals surface area contributed by atoms with Gasteiger partial charge in [0.25, 0.3) is 0 Å². The van der Waals surface area contributed by atoms with Crippen LogP contribution >= 0.6 is 0 Å². The van der Waals surface area contributed by atoms with E-state index in [9.17, 15) is 53.4 Å². The standard InChI is InChI=1S/C30H53N9O13/c1-16(25(46)38-20(30(51)52)9-11-24(44)45)35-28(49)19(7-3-5-13-32)36-22(41)14-34-27(48)18(6-2-4-12-31)37-29(50)21(15-40)39-26(47)17(33)8-10-23(42)43/h16-21,40H,2-15,31-33H2,1H3,(H,34,48)(H,35,49)(H,36,41)(H,37,50)(H,38,46)(H,39,47)(H,42,43)(H,44,45)(H,51,52)/t16-,17-,18-,19-,20-,21-/m0/s1. The number of aliphatic carboxylic acids is 3. The number of carbonyl (C=O) groups excluding carboxylic acids is 6. The van der Waals surface area contributed by atoms with E-state index < -0.39 is 122 Å². The van der Waals surface area contributed by atoms with Crippen molar-refractivity contribution in [3.8, 4) is 0 Å². The van der Waals surface area contributed by atoms with Crippen molar-refractivity contribution in [2.24, 2.45) is 17.2 Å². The van der Waals surface area contributed by atoms with Crippen molar-refractivity contribution in [3.63, 3.8) is 0 Å². The Labute approximate surface area is 299 Å². The normalized spacial score (nSPS) is 14.2. The lowest BCUT2D eigenvalue weighted by Gasteiger charge is -2.24. The molecule has 0 aliphatic heterocycles. The number of aliphatic hydroxyl groups is 1. The van der Waals surface area contributed by atoms with Crippen LogP contribution in [0.25, 0.3) is 0 Å². The van der Waals surface area contributed by atoms with Gasteiger partial charge in [0, 0.05) is 12.8 Å². The zero-order valence-electron chi connectivity index (χ0n) is 29.1. The summed E-state index contributed by atoms with van der Waals surface area (Å²) in [6.45, 7) is 0.248. The summed E-state index contributed by atoms with van der Waals surface area (Å²) < 4.78 is 0. The molecular formula is C30H53N9O13. The number of unbranched alkanes of at least 4 members (excludes halogenated alkanes) is 2. The van der Waals surface area contributed by atoms with Crippen molar-refractivity contribution in [2.45, 2.75) is 107 Å². The van der Waals surface area contributed by atoms with Gasteiger partial charge in [0.05, 0.1) is 19.2 Å². The molecule has 0 aromatic heterocycles. The lowest BCUT2D eigenvalue weighted by molar-refractivity contribution is -0.143. The van der Waals surface area contributed by atoms with Crippen molar-refractivity contribution >= 4 is 53.4 Å². The van der Waals surface area contributed by atoms with Gasteiger partial charge in [-0.3, -0.25) is 38.4 Å². The highest BCUT2D eigenvalue weighted by Gasteiger charge is 2.30. The van der Waals surface area contributed by atoms with Gasteiger partial charge in [-0.2, -0.15) is 0 Å². The second-order valence-corrected chi connectivity index (χ2v) is 11.8. The molecule has 0 spiro atoms. The Balaban J connectivity index is 5.51. The molecule has 6 atom stereocenters. The predicted octanol–water partition coefficient (Wildman–Crippen LogP) is -5.06. The van der Waals surface area contributed by atoms with Crippen LogP contribution in [0.5, 0.6) is 0 Å². The minimum Gasteiger partial charge on any atom is -0.481 e. The summed E-state index contributed by atoms with van der Waals surface area (Å²) in [4.78, 5) is 110. The van der Waals surface area contributed by atoms with Crippen LogP contribution in [0.15, 0.2) is 0 Å². The first-order chi connectivity index (χ1) is 24.5. The molecule has 0 aliphatic carbocycles. The molecule has 0 heterocycles. The summed E-state index contributed by atoms with van der Waals surface area (Å²) >= 11 is 0. The number of carboxylic acids is 3. The molecule has 0 fully saturated rings. The molecule has 0 saturated heterocycles. The van der Waals surface area contributed by atoms with Gasteiger partial charge in [0.1, 0.15) is 30.2 Å². The minimum absolute atomic E-state index is 0.0454. The number of carboxylic acid groups (broad SMARTS) is 3. The number of hydrogen-bond donors (Lipinski definition) is 13. The summed E-state index contributed by atoms with van der Waals surface area (Å²) in [5.41, 5.74) is 16.7. The van der Waals surface area contributed by atoms with Crippen molar-refractivity contribution in [1.82, 2.24) is 31.9 Å². The maximum Gasteiger partial charge on any atom is 0.326 e. The molecule has 0 saturated carbocycles. The van der Waals surface area contributed by atoms with Crippen LogP contribution in [0.3, 0.4) is 0 Å². The van der Waals surface area contributed by atoms with Crippen molar-refractivity contribution in [3.05, 3.63) is 0 Å². The molecular weight excluding hydrogens is 694 g/mol. The SMILES string of the molecule is C[C@H](NC(=O)[C@H](CCCCN)NC(=O)CNC(=O)[C@H](CCCCN)NC(=O)[C@H](CO)NC(=O)[C@@H](N)CCC(=O)O)C(=O)N[C@@H](CCC(=O)O)C(=O)O. The second kappa shape index (κ2) is 25.9. The smallest absolute Gasteiger partial charge is 0.326 e. The van der Waals surface area contributed by atoms with Crippen LogP contribution in [0.1, 0.15) is 71.1 Å². The van der Waals surface area contributed by atoms with Gasteiger partial charge in [-0.25, -0.2) is 4.79 Å². The van der Waals surface area contributed by atoms with Gasteiger partial charge in [-0.1, -0.05) is 0 Å². The van der Waals surface area contributed by atoms with Crippen LogP contribution in [-0.2, 0) is 43.2 Å². The zero-order valence-corrected chi connectivity index (χ0v) is 29.1. The largest absolute Gasteiger partial charge is 0.481 e. The average molecular weight is 748 g/mol. The van der Waals surface area contributed by atoms with E-state index in [4.69, 9.17) is 27.4 Å². The summed E-state index contributed by atoms with van der Waals surface area (Å²) in [6.07, 6.45) is 0.213. The fraction of sp³-hybridized carbons (Fsp3) is 0.700. The first-order valence-corrected chi connectivity index (χ1v) is 16.7. The van der Waals surface area contributed by atoms with E-state index >= 15 is 0 Å². The van der Waals surface area contributed by atoms with Crippen LogP contribution in [0, 0.1) is 0 Å². The third kappa shape index (κ3) is 20.1. The molecule has 0 aliphatic rings. The summed E-state index contributed by atoms with van der Waals surface area (Å²) in [7, 11) is 0. The van der Waals surface area contributed by atoms with E-state index in [1.165, 1.54) is 6.92 Å². The third-order valence-corrected chi connectivity index (χ3v) is 7.44. The van der Waals surface area contributed by atoms with Gasteiger partial charge in [0.2, 0.25) is 35.4 Å². The van der Waals surface area contributed by atoms with Crippen molar-refractivity contribution < 1.29 is 63.6 Å². The van der Waals surface area contributed by atoms with E-state index in [1.807, 2.05) is 0 Å². The van der Waals surface area contributed by atoms with Crippen molar-refractivity contribution in [1.29, 1.82) is 0 Å². The number of amides is 6. The summed E-state index contributed by atoms with van der Waals surface area (Å²) in [6, 6.07) is -8.14. The second-order valence-electron chi connectivity index (χ2n) is 11.8. The number of aliphatic hydroxyl groups excluding tert-OH is 1. The molecule has 0 rings (SSSR count). The van der Waals surface area contributed by atoms with Gasteiger partial charge in [0.15, 0.2) is 0 Å². The molecule has 296 valence electrons. The van der Waals surface area contributed by atoms with Crippen LogP contribution in [0.2, 0.25) is 0 Å². The first-order valence-electron chi connectivity index (χ1n) is 16.7. The molecule has 22 nitrogen and oxygen atoms in total. The van der Waals surface area contributed by atoms with E-state index in [1.54, 1.807) is 0 Å². The molecule has 0 radical (unpaired) electrons. The van der Waals surface area contributed by atoms with E-state index in [0.29, 0.717) is 25.7 Å². The summed E-state index contributed by atoms with van der Waals surface area (Å²) in [5, 5.41) is 50.5. The highest BCUT2D eigenvalue weighted by Crippen LogP contribution is 2.05. The zero-order chi connectivity index (χ0) is 39.8. The lowest BCUT2D eigenvalue weighted by atomic mass is 10.1. The Morgan fingerprint density at radius 3 is 1.54 bits per heavy atom. The fourth-order valence-corrected chi connectivity index (χ4v) is 4.42. The van der Waals surface area contributed by atoms with Crippen LogP contribution in [-0.4, -0.2) is 136 Å². The van der Waals surface area contributed by atoms with E-state index in [0.717, 1.165) is 0 Å². The van der Waals surface area contributed by atoms with Crippen LogP contribution < -0.4 is 49.1 Å². The predicted molar refractivity (Wildman–Crippen MR) is 181 cm³/mol. The van der Waals surface area contributed by atoms with Crippen LogP contribution in [0.4, 0.5) is 0 Å². The molecule has 6 amide bonds. The lowest BCUT2D eigenvalue weighted by Crippen LogP contribution is -2.58. The molecule has 0 unspecified atom stereocenters. The highest BCUT2D eigenvalue weighted by atomic mass is 16.4. The number of carbonyl (C=O) groups is 9. The maximum absolute atomic E-state index is 13.1. The molecule has 16 N–H and O–H groups in total. The maximum atomic E-state index is 13.1. The quantitative estimate of drug-likeness (QED) is 0.0333. The first kappa shape index (κ1) is 47.1. The topological polar surface area (TPSA) is 385 Å². The highest BCUT2D eigenvalue weighted by molar-refractivity contribution is 5.96. The Bertz CT molecular complexity index is 1240. The summed E-state index contributed by atoms with van der Waals surface area (Å²) in [5.74, 6) is -9.20. The molecule has 0 aromatic rings. The Hall–Kier alpha value is -4.93. The van der Waals surface area contributed by atoms with Gasteiger partial charge in [-0.15, -0.1) is 0 Å². The molecule has 0 aromatic carbocycles. The van der Waals surface area contributed by atoms with Gasteiger partial charge < -0.3 is 69.5 Å². The van der Waals surface area contributed by atoms with Crippen molar-refractivity contribution in [2.75, 3.05) is 26.2 Å². The number of hydrogen-bond acceptors (Lipinski definition) is 13. The van der Waals surface area contributed by atoms with E-state index in [-0.39, 0.29) is 32.4 Å². The number of rotatable bonds is 28. The van der Waals surface area contributed by atoms with Gasteiger partial charge >= 0.3 is 17.9 Å². The third-order valence-electron chi connectivity index (χ3n) is 7.44. The minimum atomic E-state index is -1.55. The van der Waals surface area contributed by atoms with Gasteiger partial charge in [-0.05, 0) is 71.4 Å². The molecule has 22 heteroatoms. The molecule has 52 heavy (non-hydrogen) atoms. The Morgan fingerprint density at radius 2 is 1.04 bits per heavy atom. The number of nitrogens with two attached hydrogens (primary N) is 3. The Morgan fingerprint density at radius 1 is 0.558 bits per heavy atom. The monoisotopic (exact) mass is 747 g/mol. The average Bonchev–Trinajstić information content (AvgIpc) is 3.08. The van der Waals surface area contributed by atoms with E-state index in [2.05, 4.69) is 31.9 Å². The molecule has 0 bridgehead atoms. The Kier molecular flexibility index (Phi) is 23.5.